The number of para-hydroxylation sites is 1. The van der Waals surface area contributed by atoms with Crippen molar-refractivity contribution < 1.29 is 0 Å². The van der Waals surface area contributed by atoms with Crippen LogP contribution >= 0.6 is 15.9 Å². The highest BCUT2D eigenvalue weighted by molar-refractivity contribution is 9.10. The lowest BCUT2D eigenvalue weighted by molar-refractivity contribution is 0.833. The van der Waals surface area contributed by atoms with E-state index in [1.807, 2.05) is 38.1 Å². The van der Waals surface area contributed by atoms with Gasteiger partial charge in [0.15, 0.2) is 5.96 Å². The van der Waals surface area contributed by atoms with Crippen LogP contribution in [-0.4, -0.2) is 12.0 Å². The van der Waals surface area contributed by atoms with Crippen molar-refractivity contribution in [1.29, 1.82) is 0 Å². The Balaban J connectivity index is 2.74. The number of hydrogen-bond donors (Lipinski definition) is 2. The number of anilines is 1. The molecule has 0 aromatic heterocycles. The molecule has 0 fully saturated rings. The lowest BCUT2D eigenvalue weighted by Crippen LogP contribution is -2.24. The van der Waals surface area contributed by atoms with E-state index >= 15 is 0 Å². The summed E-state index contributed by atoms with van der Waals surface area (Å²) in [7, 11) is 0. The van der Waals surface area contributed by atoms with Crippen molar-refractivity contribution in [2.75, 3.05) is 5.32 Å². The quantitative estimate of drug-likeness (QED) is 0.631. The summed E-state index contributed by atoms with van der Waals surface area (Å²) in [5, 5.41) is 3.02. The Labute approximate surface area is 92.5 Å². The van der Waals surface area contributed by atoms with E-state index in [2.05, 4.69) is 26.2 Å². The number of rotatable bonds is 2. The van der Waals surface area contributed by atoms with Crippen molar-refractivity contribution in [3.05, 3.63) is 28.7 Å². The summed E-state index contributed by atoms with van der Waals surface area (Å²) in [5.74, 6) is 0.437. The van der Waals surface area contributed by atoms with Gasteiger partial charge >= 0.3 is 0 Å². The fourth-order valence-electron chi connectivity index (χ4n) is 1.01. The molecule has 3 N–H and O–H groups in total. The number of benzene rings is 1. The number of hydrogen-bond acceptors (Lipinski definition) is 1. The standard InChI is InChI=1S/C10H14BrN3/c1-7(2)13-10(12)14-9-6-4-3-5-8(9)11/h3-7H,1-2H3,(H3,12,13,14). The van der Waals surface area contributed by atoms with Gasteiger partial charge in [-0.25, -0.2) is 0 Å². The molecule has 0 aliphatic carbocycles. The number of nitrogens with two attached hydrogens (primary N) is 1. The van der Waals surface area contributed by atoms with E-state index in [4.69, 9.17) is 5.73 Å². The first-order chi connectivity index (χ1) is 6.59. The van der Waals surface area contributed by atoms with Gasteiger partial charge in [-0.3, -0.25) is 4.99 Å². The fourth-order valence-corrected chi connectivity index (χ4v) is 1.39. The largest absolute Gasteiger partial charge is 0.370 e. The van der Waals surface area contributed by atoms with E-state index in [0.29, 0.717) is 5.96 Å². The Hall–Kier alpha value is -1.03. The van der Waals surface area contributed by atoms with Crippen LogP contribution in [0.5, 0.6) is 0 Å². The van der Waals surface area contributed by atoms with E-state index in [-0.39, 0.29) is 6.04 Å². The zero-order chi connectivity index (χ0) is 10.6. The molecule has 0 aliphatic heterocycles. The Morgan fingerprint density at radius 2 is 2.07 bits per heavy atom. The zero-order valence-corrected chi connectivity index (χ0v) is 9.88. The lowest BCUT2D eigenvalue weighted by atomic mass is 10.3. The Bertz CT molecular complexity index is 334. The average Bonchev–Trinajstić information content (AvgIpc) is 2.07. The molecule has 76 valence electrons. The maximum Gasteiger partial charge on any atom is 0.193 e. The summed E-state index contributed by atoms with van der Waals surface area (Å²) in [4.78, 5) is 4.18. The first-order valence-electron chi connectivity index (χ1n) is 4.44. The second-order valence-corrected chi connectivity index (χ2v) is 4.07. The number of nitrogens with zero attached hydrogens (tertiary/aromatic N) is 1. The SMILES string of the molecule is CC(C)N=C(N)Nc1ccccc1Br. The molecule has 0 saturated heterocycles. The van der Waals surface area contributed by atoms with Gasteiger partial charge in [-0.1, -0.05) is 12.1 Å². The molecule has 4 heteroatoms. The molecule has 1 aromatic rings. The van der Waals surface area contributed by atoms with Crippen molar-refractivity contribution in [2.45, 2.75) is 19.9 Å². The molecular formula is C10H14BrN3. The zero-order valence-electron chi connectivity index (χ0n) is 8.29. The van der Waals surface area contributed by atoms with Gasteiger partial charge in [0.05, 0.1) is 5.69 Å². The normalized spacial score (nSPS) is 11.9. The third kappa shape index (κ3) is 3.38. The number of nitrogens with one attached hydrogen (secondary N) is 1. The highest BCUT2D eigenvalue weighted by Gasteiger charge is 1.99. The maximum atomic E-state index is 5.69. The summed E-state index contributed by atoms with van der Waals surface area (Å²) in [6, 6.07) is 7.98. The van der Waals surface area contributed by atoms with Crippen LogP contribution in [0, 0.1) is 0 Å². The van der Waals surface area contributed by atoms with Gasteiger partial charge in [-0.2, -0.15) is 0 Å². The van der Waals surface area contributed by atoms with Crippen LogP contribution in [0.2, 0.25) is 0 Å². The number of halogens is 1. The summed E-state index contributed by atoms with van der Waals surface area (Å²) in [5.41, 5.74) is 6.62. The van der Waals surface area contributed by atoms with E-state index < -0.39 is 0 Å². The molecule has 14 heavy (non-hydrogen) atoms. The average molecular weight is 256 g/mol. The number of aliphatic imine (C=N–C) groups is 1. The van der Waals surface area contributed by atoms with Crippen LogP contribution in [0.3, 0.4) is 0 Å². The van der Waals surface area contributed by atoms with Crippen LogP contribution in [0.15, 0.2) is 33.7 Å². The third-order valence-corrected chi connectivity index (χ3v) is 2.23. The lowest BCUT2D eigenvalue weighted by Gasteiger charge is -2.08. The highest BCUT2D eigenvalue weighted by atomic mass is 79.9. The molecule has 0 bridgehead atoms. The predicted octanol–water partition coefficient (Wildman–Crippen LogP) is 2.58. The molecule has 1 rings (SSSR count). The number of guanidine groups is 1. The second kappa shape index (κ2) is 5.00. The summed E-state index contributed by atoms with van der Waals surface area (Å²) < 4.78 is 0.974. The van der Waals surface area contributed by atoms with Crippen molar-refractivity contribution in [3.8, 4) is 0 Å². The van der Waals surface area contributed by atoms with Gasteiger partial charge in [0.25, 0.3) is 0 Å². The van der Waals surface area contributed by atoms with Gasteiger partial charge < -0.3 is 11.1 Å². The highest BCUT2D eigenvalue weighted by Crippen LogP contribution is 2.20. The first kappa shape index (κ1) is 11.0. The Kier molecular flexibility index (Phi) is 3.95. The fraction of sp³-hybridized carbons (Fsp3) is 0.300. The summed E-state index contributed by atoms with van der Waals surface area (Å²) in [6.45, 7) is 3.96. The molecule has 0 saturated carbocycles. The molecule has 0 spiro atoms. The van der Waals surface area contributed by atoms with Crippen molar-refractivity contribution in [3.63, 3.8) is 0 Å². The molecule has 0 heterocycles. The molecule has 0 aliphatic rings. The second-order valence-electron chi connectivity index (χ2n) is 3.21. The maximum absolute atomic E-state index is 5.69. The molecule has 0 radical (unpaired) electrons. The Morgan fingerprint density at radius 3 is 2.64 bits per heavy atom. The van der Waals surface area contributed by atoms with Gasteiger partial charge in [0.1, 0.15) is 0 Å². The first-order valence-corrected chi connectivity index (χ1v) is 5.23. The molecular weight excluding hydrogens is 242 g/mol. The van der Waals surface area contributed by atoms with Crippen LogP contribution in [0.25, 0.3) is 0 Å². The van der Waals surface area contributed by atoms with Crippen LogP contribution < -0.4 is 11.1 Å². The minimum Gasteiger partial charge on any atom is -0.370 e. The van der Waals surface area contributed by atoms with Gasteiger partial charge in [0, 0.05) is 10.5 Å². The smallest absolute Gasteiger partial charge is 0.193 e. The van der Waals surface area contributed by atoms with Crippen LogP contribution in [0.1, 0.15) is 13.8 Å². The molecule has 0 atom stereocenters. The predicted molar refractivity (Wildman–Crippen MR) is 64.5 cm³/mol. The topological polar surface area (TPSA) is 50.4 Å². The van der Waals surface area contributed by atoms with Crippen LogP contribution in [-0.2, 0) is 0 Å². The summed E-state index contributed by atoms with van der Waals surface area (Å²) >= 11 is 3.42. The van der Waals surface area contributed by atoms with E-state index in [1.165, 1.54) is 0 Å². The minimum atomic E-state index is 0.199. The molecule has 3 nitrogen and oxygen atoms in total. The molecule has 0 unspecified atom stereocenters. The Morgan fingerprint density at radius 1 is 1.43 bits per heavy atom. The van der Waals surface area contributed by atoms with Gasteiger partial charge in [-0.05, 0) is 41.9 Å². The molecule has 0 amide bonds. The van der Waals surface area contributed by atoms with E-state index in [1.54, 1.807) is 0 Å². The van der Waals surface area contributed by atoms with Crippen molar-refractivity contribution in [1.82, 2.24) is 0 Å². The van der Waals surface area contributed by atoms with Crippen LogP contribution in [0.4, 0.5) is 5.69 Å². The monoisotopic (exact) mass is 255 g/mol. The van der Waals surface area contributed by atoms with Gasteiger partial charge in [-0.15, -0.1) is 0 Å². The van der Waals surface area contributed by atoms with Crippen molar-refractivity contribution >= 4 is 27.6 Å². The van der Waals surface area contributed by atoms with Gasteiger partial charge in [0.2, 0.25) is 0 Å². The molecule has 1 aromatic carbocycles. The summed E-state index contributed by atoms with van der Waals surface area (Å²) in [6.07, 6.45) is 0. The minimum absolute atomic E-state index is 0.199. The third-order valence-electron chi connectivity index (χ3n) is 1.53. The van der Waals surface area contributed by atoms with E-state index in [9.17, 15) is 0 Å². The van der Waals surface area contributed by atoms with E-state index in [0.717, 1.165) is 10.2 Å². The van der Waals surface area contributed by atoms with Crippen molar-refractivity contribution in [2.24, 2.45) is 10.7 Å².